The molecular formula is C45H27N5. The molecule has 0 atom stereocenters. The van der Waals surface area contributed by atoms with Gasteiger partial charge in [-0.3, -0.25) is 0 Å². The number of aromatic nitrogens is 3. The third-order valence-corrected chi connectivity index (χ3v) is 8.76. The van der Waals surface area contributed by atoms with E-state index in [0.29, 0.717) is 28.6 Å². The summed E-state index contributed by atoms with van der Waals surface area (Å²) in [6.45, 7) is 0. The number of hydrogen-bond acceptors (Lipinski definition) is 5. The van der Waals surface area contributed by atoms with Gasteiger partial charge in [0.15, 0.2) is 17.5 Å². The average Bonchev–Trinajstić information content (AvgIpc) is 3.20. The van der Waals surface area contributed by atoms with Crippen molar-refractivity contribution in [1.29, 1.82) is 10.5 Å². The van der Waals surface area contributed by atoms with Gasteiger partial charge in [-0.15, -0.1) is 0 Å². The highest BCUT2D eigenvalue weighted by Crippen LogP contribution is 2.38. The lowest BCUT2D eigenvalue weighted by atomic mass is 9.90. The predicted octanol–water partition coefficient (Wildman–Crippen LogP) is 10.8. The molecular weight excluding hydrogens is 611 g/mol. The molecule has 0 amide bonds. The fraction of sp³-hybridized carbons (Fsp3) is 0. The summed E-state index contributed by atoms with van der Waals surface area (Å²) in [5, 5.41) is 21.3. The quantitative estimate of drug-likeness (QED) is 0.181. The third kappa shape index (κ3) is 6.00. The van der Waals surface area contributed by atoms with Gasteiger partial charge in [0.2, 0.25) is 0 Å². The van der Waals surface area contributed by atoms with Crippen LogP contribution in [0.1, 0.15) is 11.1 Å². The molecule has 0 aliphatic rings. The molecule has 7 aromatic carbocycles. The molecule has 1 aromatic heterocycles. The average molecular weight is 638 g/mol. The molecule has 0 radical (unpaired) electrons. The molecule has 0 fully saturated rings. The first-order chi connectivity index (χ1) is 24.6. The van der Waals surface area contributed by atoms with Crippen LogP contribution in [-0.4, -0.2) is 15.0 Å². The molecule has 0 unspecified atom stereocenters. The fourth-order valence-corrected chi connectivity index (χ4v) is 6.22. The van der Waals surface area contributed by atoms with Crippen LogP contribution in [-0.2, 0) is 0 Å². The van der Waals surface area contributed by atoms with Crippen LogP contribution < -0.4 is 0 Å². The molecule has 1 heterocycles. The summed E-state index contributed by atoms with van der Waals surface area (Å²) in [4.78, 5) is 14.6. The van der Waals surface area contributed by atoms with Gasteiger partial charge < -0.3 is 0 Å². The lowest BCUT2D eigenvalue weighted by molar-refractivity contribution is 1.07. The van der Waals surface area contributed by atoms with E-state index in [0.717, 1.165) is 60.8 Å². The van der Waals surface area contributed by atoms with Crippen molar-refractivity contribution in [3.05, 3.63) is 175 Å². The molecule has 232 valence electrons. The first kappa shape index (κ1) is 30.1. The Kier molecular flexibility index (Phi) is 7.91. The molecule has 50 heavy (non-hydrogen) atoms. The molecule has 0 saturated heterocycles. The van der Waals surface area contributed by atoms with E-state index in [2.05, 4.69) is 84.9 Å². The fourth-order valence-electron chi connectivity index (χ4n) is 6.22. The third-order valence-electron chi connectivity index (χ3n) is 8.76. The van der Waals surface area contributed by atoms with Gasteiger partial charge in [-0.25, -0.2) is 15.0 Å². The van der Waals surface area contributed by atoms with E-state index in [4.69, 9.17) is 15.0 Å². The lowest BCUT2D eigenvalue weighted by Crippen LogP contribution is -2.00. The molecule has 0 aliphatic heterocycles. The second-order valence-corrected chi connectivity index (χ2v) is 12.0. The highest BCUT2D eigenvalue weighted by atomic mass is 15.0. The SMILES string of the molecule is N#Cc1cc(C#N)cc(-c2ccc(-c3cc4ccccc4cc3-c3ccc(-c4nc(-c5ccccc5)nc(-c5ccccc5)n4)cc3)cc2)c1. The zero-order chi connectivity index (χ0) is 33.9. The van der Waals surface area contributed by atoms with Crippen LogP contribution in [0.25, 0.3) is 78.3 Å². The Balaban J connectivity index is 1.20. The summed E-state index contributed by atoms with van der Waals surface area (Å²) in [6, 6.07) is 59.1. The summed E-state index contributed by atoms with van der Waals surface area (Å²) >= 11 is 0. The van der Waals surface area contributed by atoms with E-state index in [1.54, 1.807) is 6.07 Å². The second-order valence-electron chi connectivity index (χ2n) is 12.0. The van der Waals surface area contributed by atoms with Crippen molar-refractivity contribution in [2.24, 2.45) is 0 Å². The minimum Gasteiger partial charge on any atom is -0.208 e. The number of hydrogen-bond donors (Lipinski definition) is 0. The Morgan fingerprint density at radius 2 is 0.680 bits per heavy atom. The van der Waals surface area contributed by atoms with Gasteiger partial charge in [0.1, 0.15) is 0 Å². The van der Waals surface area contributed by atoms with Crippen molar-refractivity contribution in [1.82, 2.24) is 15.0 Å². The highest BCUT2D eigenvalue weighted by Gasteiger charge is 2.15. The maximum absolute atomic E-state index is 9.48. The van der Waals surface area contributed by atoms with Crippen molar-refractivity contribution >= 4 is 10.8 Å². The van der Waals surface area contributed by atoms with Crippen molar-refractivity contribution in [3.8, 4) is 79.7 Å². The van der Waals surface area contributed by atoms with Gasteiger partial charge in [0.25, 0.3) is 0 Å². The normalized spacial score (nSPS) is 10.8. The van der Waals surface area contributed by atoms with Crippen LogP contribution in [0, 0.1) is 22.7 Å². The standard InChI is InChI=1S/C45H27N5/c46-28-30-23-31(29-47)25-40(24-30)32-15-17-33(18-16-32)41-26-38-13-7-8-14-39(38)27-42(41)34-19-21-37(22-20-34)45-49-43(35-9-3-1-4-10-35)48-44(50-45)36-11-5-2-6-12-36/h1-27H. The molecule has 8 aromatic rings. The largest absolute Gasteiger partial charge is 0.208 e. The summed E-state index contributed by atoms with van der Waals surface area (Å²) in [7, 11) is 0. The van der Waals surface area contributed by atoms with E-state index < -0.39 is 0 Å². The molecule has 8 rings (SSSR count). The van der Waals surface area contributed by atoms with Gasteiger partial charge in [0, 0.05) is 16.7 Å². The molecule has 5 heteroatoms. The summed E-state index contributed by atoms with van der Waals surface area (Å²) in [5.74, 6) is 1.86. The predicted molar refractivity (Wildman–Crippen MR) is 199 cm³/mol. The maximum Gasteiger partial charge on any atom is 0.164 e. The molecule has 0 aliphatic carbocycles. The van der Waals surface area contributed by atoms with E-state index >= 15 is 0 Å². The van der Waals surface area contributed by atoms with Crippen LogP contribution in [0.3, 0.4) is 0 Å². The Bertz CT molecular complexity index is 2490. The highest BCUT2D eigenvalue weighted by molar-refractivity contribution is 5.97. The number of benzene rings is 7. The Morgan fingerprint density at radius 1 is 0.320 bits per heavy atom. The van der Waals surface area contributed by atoms with Crippen molar-refractivity contribution in [3.63, 3.8) is 0 Å². The van der Waals surface area contributed by atoms with Crippen LogP contribution >= 0.6 is 0 Å². The first-order valence-corrected chi connectivity index (χ1v) is 16.2. The van der Waals surface area contributed by atoms with Crippen LogP contribution in [0.4, 0.5) is 0 Å². The Morgan fingerprint density at radius 3 is 1.10 bits per heavy atom. The van der Waals surface area contributed by atoms with Gasteiger partial charge in [-0.05, 0) is 74.5 Å². The zero-order valence-electron chi connectivity index (χ0n) is 26.8. The van der Waals surface area contributed by atoms with Gasteiger partial charge in [-0.1, -0.05) is 133 Å². The van der Waals surface area contributed by atoms with E-state index in [-0.39, 0.29) is 0 Å². The van der Waals surface area contributed by atoms with Crippen molar-refractivity contribution in [2.45, 2.75) is 0 Å². The Labute approximate surface area is 290 Å². The number of nitriles is 2. The van der Waals surface area contributed by atoms with Crippen LogP contribution in [0.15, 0.2) is 164 Å². The topological polar surface area (TPSA) is 86.2 Å². The zero-order valence-corrected chi connectivity index (χ0v) is 26.8. The number of rotatable bonds is 6. The van der Waals surface area contributed by atoms with E-state index in [1.807, 2.05) is 84.9 Å². The van der Waals surface area contributed by atoms with Gasteiger partial charge in [-0.2, -0.15) is 10.5 Å². The minimum atomic E-state index is 0.466. The molecule has 0 N–H and O–H groups in total. The number of nitrogens with zero attached hydrogens (tertiary/aromatic N) is 5. The summed E-state index contributed by atoms with van der Waals surface area (Å²) in [6.07, 6.45) is 0. The summed E-state index contributed by atoms with van der Waals surface area (Å²) < 4.78 is 0. The Hall–Kier alpha value is -7.21. The van der Waals surface area contributed by atoms with Crippen molar-refractivity contribution in [2.75, 3.05) is 0 Å². The monoisotopic (exact) mass is 637 g/mol. The van der Waals surface area contributed by atoms with Crippen LogP contribution in [0.5, 0.6) is 0 Å². The number of fused-ring (bicyclic) bond motifs is 1. The molecule has 0 spiro atoms. The minimum absolute atomic E-state index is 0.466. The van der Waals surface area contributed by atoms with E-state index in [9.17, 15) is 10.5 Å². The smallest absolute Gasteiger partial charge is 0.164 e. The van der Waals surface area contributed by atoms with Crippen molar-refractivity contribution < 1.29 is 0 Å². The van der Waals surface area contributed by atoms with Gasteiger partial charge >= 0.3 is 0 Å². The van der Waals surface area contributed by atoms with Gasteiger partial charge in [0.05, 0.1) is 23.3 Å². The molecule has 0 saturated carbocycles. The van der Waals surface area contributed by atoms with E-state index in [1.165, 1.54) is 0 Å². The maximum atomic E-state index is 9.48. The molecule has 5 nitrogen and oxygen atoms in total. The lowest BCUT2D eigenvalue weighted by Gasteiger charge is -2.14. The van der Waals surface area contributed by atoms with Crippen LogP contribution in [0.2, 0.25) is 0 Å². The molecule has 0 bridgehead atoms. The second kappa shape index (κ2) is 13.1. The first-order valence-electron chi connectivity index (χ1n) is 16.2. The summed E-state index contributed by atoms with van der Waals surface area (Å²) in [5.41, 5.74) is 9.81.